The Morgan fingerprint density at radius 1 is 1.17 bits per heavy atom. The number of halogens is 1. The Hall–Kier alpha value is -1.87. The first-order chi connectivity index (χ1) is 13.3. The van der Waals surface area contributed by atoms with Gasteiger partial charge in [-0.25, -0.2) is 9.98 Å². The van der Waals surface area contributed by atoms with Gasteiger partial charge in [0.15, 0.2) is 5.96 Å². The molecule has 6 nitrogen and oxygen atoms in total. The number of nitrogens with one attached hydrogen (secondary N) is 2. The maximum absolute atomic E-state index is 10.5. The fourth-order valence-electron chi connectivity index (χ4n) is 2.75. The molecule has 0 fully saturated rings. The van der Waals surface area contributed by atoms with Gasteiger partial charge < -0.3 is 20.5 Å². The summed E-state index contributed by atoms with van der Waals surface area (Å²) in [5.74, 6) is 1.21. The van der Waals surface area contributed by atoms with Crippen molar-refractivity contribution >= 4 is 29.9 Å². The molecule has 2 rings (SSSR count). The number of aliphatic hydroxyl groups excluding tert-OH is 1. The van der Waals surface area contributed by atoms with Crippen LogP contribution in [0.25, 0.3) is 0 Å². The van der Waals surface area contributed by atoms with Gasteiger partial charge in [-0.1, -0.05) is 51.1 Å². The number of guanidine groups is 1. The molecule has 0 bridgehead atoms. The first-order valence-electron chi connectivity index (χ1n) is 9.63. The Morgan fingerprint density at radius 3 is 2.45 bits per heavy atom. The van der Waals surface area contributed by atoms with Crippen LogP contribution < -0.4 is 15.4 Å². The number of methoxy groups -OCH3 is 1. The summed E-state index contributed by atoms with van der Waals surface area (Å²) in [6.07, 6.45) is 1.07. The van der Waals surface area contributed by atoms with E-state index in [0.717, 1.165) is 17.7 Å². The number of hydrogen-bond acceptors (Lipinski definition) is 4. The number of rotatable bonds is 7. The summed E-state index contributed by atoms with van der Waals surface area (Å²) >= 11 is 0. The van der Waals surface area contributed by atoms with Crippen molar-refractivity contribution in [2.75, 3.05) is 20.2 Å². The highest BCUT2D eigenvalue weighted by atomic mass is 127. The Balaban J connectivity index is 0.00000420. The molecule has 0 radical (unpaired) electrons. The fraction of sp³-hybridized carbons (Fsp3) is 0.455. The molecule has 1 atom stereocenters. The summed E-state index contributed by atoms with van der Waals surface area (Å²) in [5, 5.41) is 16.9. The molecule has 0 saturated heterocycles. The molecular formula is C22H33IN4O2. The van der Waals surface area contributed by atoms with Crippen LogP contribution in [-0.2, 0) is 12.0 Å². The highest BCUT2D eigenvalue weighted by Crippen LogP contribution is 2.23. The van der Waals surface area contributed by atoms with Gasteiger partial charge in [0.2, 0.25) is 5.88 Å². The Bertz CT molecular complexity index is 773. The molecule has 0 aliphatic heterocycles. The number of aliphatic hydroxyl groups is 1. The van der Waals surface area contributed by atoms with Crippen molar-refractivity contribution in [1.82, 2.24) is 15.6 Å². The second-order valence-electron chi connectivity index (χ2n) is 7.64. The Labute approximate surface area is 191 Å². The van der Waals surface area contributed by atoms with E-state index in [0.29, 0.717) is 24.9 Å². The highest BCUT2D eigenvalue weighted by molar-refractivity contribution is 14.0. The second kappa shape index (κ2) is 12.0. The van der Waals surface area contributed by atoms with Gasteiger partial charge in [0, 0.05) is 24.8 Å². The van der Waals surface area contributed by atoms with Crippen LogP contribution in [0.4, 0.5) is 0 Å². The van der Waals surface area contributed by atoms with Crippen molar-refractivity contribution in [3.63, 3.8) is 0 Å². The zero-order valence-electron chi connectivity index (χ0n) is 17.9. The van der Waals surface area contributed by atoms with Crippen molar-refractivity contribution in [3.8, 4) is 5.88 Å². The van der Waals surface area contributed by atoms with E-state index >= 15 is 0 Å². The van der Waals surface area contributed by atoms with E-state index < -0.39 is 6.10 Å². The van der Waals surface area contributed by atoms with E-state index in [4.69, 9.17) is 4.74 Å². The van der Waals surface area contributed by atoms with E-state index in [1.807, 2.05) is 31.2 Å². The van der Waals surface area contributed by atoms with Crippen LogP contribution in [0.15, 0.2) is 47.6 Å². The number of hydrogen-bond donors (Lipinski definition) is 3. The minimum absolute atomic E-state index is 0. The van der Waals surface area contributed by atoms with Gasteiger partial charge in [0.05, 0.1) is 19.8 Å². The standard InChI is InChI=1S/C22H32N4O2.HI/c1-6-23-21(25-14-17-8-7-13-24-20(17)28-5)26-15-19(27)16-9-11-18(12-10-16)22(2,3)4;/h7-13,19,27H,6,14-15H2,1-5H3,(H2,23,25,26);1H. The van der Waals surface area contributed by atoms with Crippen LogP contribution in [0.1, 0.15) is 50.5 Å². The molecule has 0 spiro atoms. The van der Waals surface area contributed by atoms with Gasteiger partial charge in [0.25, 0.3) is 0 Å². The maximum Gasteiger partial charge on any atom is 0.218 e. The molecule has 1 aromatic carbocycles. The number of benzene rings is 1. The largest absolute Gasteiger partial charge is 0.481 e. The molecule has 0 aliphatic rings. The van der Waals surface area contributed by atoms with Gasteiger partial charge in [-0.3, -0.25) is 0 Å². The third-order valence-electron chi connectivity index (χ3n) is 4.42. The van der Waals surface area contributed by atoms with Gasteiger partial charge in [-0.15, -0.1) is 24.0 Å². The molecular weight excluding hydrogens is 479 g/mol. The fourth-order valence-corrected chi connectivity index (χ4v) is 2.75. The van der Waals surface area contributed by atoms with Gasteiger partial charge in [-0.2, -0.15) is 0 Å². The van der Waals surface area contributed by atoms with Gasteiger partial charge in [-0.05, 0) is 29.5 Å². The predicted molar refractivity (Wildman–Crippen MR) is 129 cm³/mol. The van der Waals surface area contributed by atoms with E-state index in [-0.39, 0.29) is 29.4 Å². The quantitative estimate of drug-likeness (QED) is 0.299. The third kappa shape index (κ3) is 7.81. The van der Waals surface area contributed by atoms with Crippen molar-refractivity contribution in [2.24, 2.45) is 4.99 Å². The highest BCUT2D eigenvalue weighted by Gasteiger charge is 2.15. The van der Waals surface area contributed by atoms with Crippen LogP contribution >= 0.6 is 24.0 Å². The Kier molecular flexibility index (Phi) is 10.4. The number of pyridine rings is 1. The van der Waals surface area contributed by atoms with Crippen LogP contribution in [-0.4, -0.2) is 36.2 Å². The minimum atomic E-state index is -0.620. The van der Waals surface area contributed by atoms with Crippen molar-refractivity contribution in [3.05, 3.63) is 59.3 Å². The van der Waals surface area contributed by atoms with Crippen molar-refractivity contribution in [1.29, 1.82) is 0 Å². The average Bonchev–Trinajstić information content (AvgIpc) is 2.69. The summed E-state index contributed by atoms with van der Waals surface area (Å²) in [6, 6.07) is 11.9. The summed E-state index contributed by atoms with van der Waals surface area (Å²) in [5.41, 5.74) is 3.13. The smallest absolute Gasteiger partial charge is 0.218 e. The summed E-state index contributed by atoms with van der Waals surface area (Å²) < 4.78 is 5.27. The molecule has 3 N–H and O–H groups in total. The van der Waals surface area contributed by atoms with Crippen LogP contribution in [0.3, 0.4) is 0 Å². The molecule has 1 heterocycles. The lowest BCUT2D eigenvalue weighted by Gasteiger charge is -2.20. The molecule has 0 amide bonds. The lowest BCUT2D eigenvalue weighted by atomic mass is 9.86. The molecule has 1 aromatic heterocycles. The summed E-state index contributed by atoms with van der Waals surface area (Å²) in [7, 11) is 1.60. The molecule has 2 aromatic rings. The normalized spacial score (nSPS) is 12.7. The molecule has 1 unspecified atom stereocenters. The maximum atomic E-state index is 10.5. The van der Waals surface area contributed by atoms with E-state index in [2.05, 4.69) is 53.5 Å². The lowest BCUT2D eigenvalue weighted by molar-refractivity contribution is 0.181. The first-order valence-corrected chi connectivity index (χ1v) is 9.63. The molecule has 160 valence electrons. The molecule has 0 saturated carbocycles. The SMILES string of the molecule is CCNC(=NCc1cccnc1OC)NCC(O)c1ccc(C(C)(C)C)cc1.I. The van der Waals surface area contributed by atoms with Crippen molar-refractivity contribution < 1.29 is 9.84 Å². The van der Waals surface area contributed by atoms with E-state index in [1.54, 1.807) is 13.3 Å². The third-order valence-corrected chi connectivity index (χ3v) is 4.42. The van der Waals surface area contributed by atoms with Gasteiger partial charge >= 0.3 is 0 Å². The molecule has 29 heavy (non-hydrogen) atoms. The van der Waals surface area contributed by atoms with Crippen molar-refractivity contribution in [2.45, 2.75) is 45.8 Å². The number of aliphatic imine (C=N–C) groups is 1. The monoisotopic (exact) mass is 512 g/mol. The molecule has 7 heteroatoms. The second-order valence-corrected chi connectivity index (χ2v) is 7.64. The number of nitrogens with zero attached hydrogens (tertiary/aromatic N) is 2. The average molecular weight is 512 g/mol. The van der Waals surface area contributed by atoms with Gasteiger partial charge in [0.1, 0.15) is 0 Å². The minimum Gasteiger partial charge on any atom is -0.481 e. The summed E-state index contributed by atoms with van der Waals surface area (Å²) in [6.45, 7) is 10.1. The first kappa shape index (κ1) is 25.2. The number of ether oxygens (including phenoxy) is 1. The van der Waals surface area contributed by atoms with E-state index in [9.17, 15) is 5.11 Å². The zero-order valence-corrected chi connectivity index (χ0v) is 20.2. The predicted octanol–water partition coefficient (Wildman–Crippen LogP) is 3.79. The lowest BCUT2D eigenvalue weighted by Crippen LogP contribution is -2.39. The topological polar surface area (TPSA) is 78.8 Å². The van der Waals surface area contributed by atoms with Crippen LogP contribution in [0.5, 0.6) is 5.88 Å². The van der Waals surface area contributed by atoms with Crippen LogP contribution in [0, 0.1) is 0 Å². The Morgan fingerprint density at radius 2 is 1.86 bits per heavy atom. The number of aromatic nitrogens is 1. The van der Waals surface area contributed by atoms with Crippen LogP contribution in [0.2, 0.25) is 0 Å². The summed E-state index contributed by atoms with van der Waals surface area (Å²) in [4.78, 5) is 8.75. The molecule has 0 aliphatic carbocycles. The van der Waals surface area contributed by atoms with E-state index in [1.165, 1.54) is 5.56 Å². The zero-order chi connectivity index (χ0) is 20.6.